The molecule has 0 fully saturated rings. The molecule has 1 N–H and O–H groups in total. The number of hydrogen-bond acceptors (Lipinski definition) is 4. The van der Waals surface area contributed by atoms with Crippen LogP contribution in [0.15, 0.2) is 34.1 Å². The molecule has 0 unspecified atom stereocenters. The zero-order valence-corrected chi connectivity index (χ0v) is 14.4. The number of carbonyl (C=O) groups is 1. The number of amides is 1. The van der Waals surface area contributed by atoms with Crippen molar-refractivity contribution in [2.75, 3.05) is 18.2 Å². The van der Waals surface area contributed by atoms with E-state index >= 15 is 0 Å². The smallest absolute Gasteiger partial charge is 0.263 e. The van der Waals surface area contributed by atoms with Crippen molar-refractivity contribution in [3.8, 4) is 6.07 Å². The van der Waals surface area contributed by atoms with Crippen molar-refractivity contribution in [1.29, 1.82) is 5.26 Å². The average molecular weight is 348 g/mol. The summed E-state index contributed by atoms with van der Waals surface area (Å²) in [6, 6.07) is 8.50. The number of hydrogen-bond donors (Lipinski definition) is 1. The molecule has 7 heteroatoms. The summed E-state index contributed by atoms with van der Waals surface area (Å²) >= 11 is 7.32. The molecule has 0 saturated heterocycles. The van der Waals surface area contributed by atoms with Crippen LogP contribution < -0.4 is 10.5 Å². The van der Waals surface area contributed by atoms with Gasteiger partial charge < -0.3 is 9.88 Å². The number of carbonyl (C=O) groups excluding carboxylic acids is 1. The molecule has 0 atom stereocenters. The molecule has 0 saturated carbocycles. The Morgan fingerprint density at radius 3 is 2.65 bits per heavy atom. The number of rotatable bonds is 3. The van der Waals surface area contributed by atoms with Crippen LogP contribution >= 0.6 is 23.4 Å². The number of H-pyrrole nitrogens is 1. The Morgan fingerprint density at radius 1 is 1.39 bits per heavy atom. The van der Waals surface area contributed by atoms with Gasteiger partial charge in [0.15, 0.2) is 0 Å². The summed E-state index contributed by atoms with van der Waals surface area (Å²) in [4.78, 5) is 28.6. The van der Waals surface area contributed by atoms with E-state index in [9.17, 15) is 9.59 Å². The first-order valence-electron chi connectivity index (χ1n) is 6.64. The van der Waals surface area contributed by atoms with E-state index in [2.05, 4.69) is 4.98 Å². The van der Waals surface area contributed by atoms with Gasteiger partial charge in [0.1, 0.15) is 11.6 Å². The molecule has 0 bridgehead atoms. The molecular formula is C16H14ClN3O2S. The molecule has 5 nitrogen and oxygen atoms in total. The average Bonchev–Trinajstić information content (AvgIpc) is 2.55. The normalized spacial score (nSPS) is 10.2. The maximum absolute atomic E-state index is 12.6. The number of anilines is 1. The monoisotopic (exact) mass is 347 g/mol. The lowest BCUT2D eigenvalue weighted by Crippen LogP contribution is -2.32. The van der Waals surface area contributed by atoms with Gasteiger partial charge >= 0.3 is 0 Å². The van der Waals surface area contributed by atoms with Crippen molar-refractivity contribution < 1.29 is 4.79 Å². The molecule has 0 aliphatic heterocycles. The first kappa shape index (κ1) is 17.1. The quantitative estimate of drug-likeness (QED) is 0.865. The second-order valence-electron chi connectivity index (χ2n) is 4.87. The Hall–Kier alpha value is -2.23. The summed E-state index contributed by atoms with van der Waals surface area (Å²) in [6.45, 7) is 1.86. The number of aryl methyl sites for hydroxylation is 1. The van der Waals surface area contributed by atoms with Crippen molar-refractivity contribution in [3.63, 3.8) is 0 Å². The lowest BCUT2D eigenvalue weighted by atomic mass is 10.1. The standard InChI is InChI=1S/C16H14ClN3O2S/c1-9-4-5-11(7-13(9)17)20(2)16(22)12-6-10(8-18)15(23-3)19-14(12)21/h4-7H,1-3H3,(H,19,21). The fourth-order valence-electron chi connectivity index (χ4n) is 2.00. The highest BCUT2D eigenvalue weighted by Crippen LogP contribution is 2.23. The molecule has 1 aromatic heterocycles. The van der Waals surface area contributed by atoms with Gasteiger partial charge in [-0.3, -0.25) is 9.59 Å². The highest BCUT2D eigenvalue weighted by atomic mass is 35.5. The van der Waals surface area contributed by atoms with Gasteiger partial charge in [0, 0.05) is 17.8 Å². The highest BCUT2D eigenvalue weighted by molar-refractivity contribution is 7.98. The molecule has 2 aromatic rings. The number of halogens is 1. The van der Waals surface area contributed by atoms with E-state index in [4.69, 9.17) is 16.9 Å². The van der Waals surface area contributed by atoms with E-state index in [0.29, 0.717) is 15.7 Å². The summed E-state index contributed by atoms with van der Waals surface area (Å²) in [5, 5.41) is 10.1. The molecular weight excluding hydrogens is 334 g/mol. The van der Waals surface area contributed by atoms with E-state index in [-0.39, 0.29) is 11.1 Å². The SMILES string of the molecule is CSc1[nH]c(=O)c(C(=O)N(C)c2ccc(C)c(Cl)c2)cc1C#N. The van der Waals surface area contributed by atoms with Crippen molar-refractivity contribution in [3.05, 3.63) is 56.3 Å². The number of benzene rings is 1. The van der Waals surface area contributed by atoms with Gasteiger partial charge in [-0.1, -0.05) is 17.7 Å². The van der Waals surface area contributed by atoms with Crippen LogP contribution in [0.5, 0.6) is 0 Å². The minimum Gasteiger partial charge on any atom is -0.315 e. The number of nitrogens with one attached hydrogen (secondary N) is 1. The van der Waals surface area contributed by atoms with Gasteiger partial charge in [-0.25, -0.2) is 0 Å². The third kappa shape index (κ3) is 3.41. The Bertz CT molecular complexity index is 871. The second-order valence-corrected chi connectivity index (χ2v) is 6.09. The Balaban J connectivity index is 2.46. The summed E-state index contributed by atoms with van der Waals surface area (Å²) < 4.78 is 0. The minimum atomic E-state index is -0.525. The summed E-state index contributed by atoms with van der Waals surface area (Å²) in [6.07, 6.45) is 1.74. The van der Waals surface area contributed by atoms with Crippen LogP contribution in [0, 0.1) is 18.3 Å². The summed E-state index contributed by atoms with van der Waals surface area (Å²) in [5.41, 5.74) is 1.11. The molecule has 1 amide bonds. The molecule has 1 aromatic carbocycles. The number of nitriles is 1. The fraction of sp³-hybridized carbons (Fsp3) is 0.188. The molecule has 2 rings (SSSR count). The van der Waals surface area contributed by atoms with Crippen molar-refractivity contribution in [2.24, 2.45) is 0 Å². The fourth-order valence-corrected chi connectivity index (χ4v) is 2.70. The largest absolute Gasteiger partial charge is 0.315 e. The second kappa shape index (κ2) is 6.90. The van der Waals surface area contributed by atoms with E-state index < -0.39 is 11.5 Å². The molecule has 0 spiro atoms. The Morgan fingerprint density at radius 2 is 2.09 bits per heavy atom. The molecule has 23 heavy (non-hydrogen) atoms. The molecule has 0 aliphatic carbocycles. The van der Waals surface area contributed by atoms with Crippen molar-refractivity contribution in [2.45, 2.75) is 11.9 Å². The number of aromatic nitrogens is 1. The van der Waals surface area contributed by atoms with Crippen LogP contribution in [0.1, 0.15) is 21.5 Å². The zero-order chi connectivity index (χ0) is 17.1. The molecule has 0 aliphatic rings. The zero-order valence-electron chi connectivity index (χ0n) is 12.8. The lowest BCUT2D eigenvalue weighted by Gasteiger charge is -2.18. The Labute approximate surface area is 142 Å². The van der Waals surface area contributed by atoms with Crippen LogP contribution in [0.3, 0.4) is 0 Å². The minimum absolute atomic E-state index is 0.0847. The van der Waals surface area contributed by atoms with E-state index in [0.717, 1.165) is 5.56 Å². The van der Waals surface area contributed by atoms with Gasteiger partial charge in [0.2, 0.25) is 0 Å². The maximum atomic E-state index is 12.6. The van der Waals surface area contributed by atoms with Crippen LogP contribution in [0.2, 0.25) is 5.02 Å². The van der Waals surface area contributed by atoms with Gasteiger partial charge in [0.25, 0.3) is 11.5 Å². The molecule has 0 radical (unpaired) electrons. The molecule has 118 valence electrons. The Kier molecular flexibility index (Phi) is 5.14. The predicted octanol–water partition coefficient (Wildman–Crippen LogP) is 3.21. The number of pyridine rings is 1. The number of aromatic amines is 1. The summed E-state index contributed by atoms with van der Waals surface area (Å²) in [7, 11) is 1.55. The number of nitrogens with zero attached hydrogens (tertiary/aromatic N) is 2. The summed E-state index contributed by atoms with van der Waals surface area (Å²) in [5.74, 6) is -0.504. The van der Waals surface area contributed by atoms with Crippen LogP contribution in [-0.2, 0) is 0 Å². The lowest BCUT2D eigenvalue weighted by molar-refractivity contribution is 0.0991. The first-order chi connectivity index (χ1) is 10.9. The third-order valence-corrected chi connectivity index (χ3v) is 4.54. The van der Waals surface area contributed by atoms with Crippen molar-refractivity contribution in [1.82, 2.24) is 4.98 Å². The highest BCUT2D eigenvalue weighted by Gasteiger charge is 2.19. The first-order valence-corrected chi connectivity index (χ1v) is 8.25. The van der Waals surface area contributed by atoms with E-state index in [1.54, 1.807) is 31.5 Å². The van der Waals surface area contributed by atoms with Gasteiger partial charge in [-0.2, -0.15) is 5.26 Å². The maximum Gasteiger partial charge on any atom is 0.263 e. The van der Waals surface area contributed by atoms with Gasteiger partial charge in [-0.15, -0.1) is 11.8 Å². The van der Waals surface area contributed by atoms with Crippen molar-refractivity contribution >= 4 is 35.0 Å². The predicted molar refractivity (Wildman–Crippen MR) is 92.5 cm³/mol. The van der Waals surface area contributed by atoms with Crippen LogP contribution in [-0.4, -0.2) is 24.2 Å². The van der Waals surface area contributed by atoms with E-state index in [1.165, 1.54) is 22.7 Å². The molecule has 1 heterocycles. The number of thioether (sulfide) groups is 1. The van der Waals surface area contributed by atoms with E-state index in [1.807, 2.05) is 13.0 Å². The van der Waals surface area contributed by atoms with Crippen LogP contribution in [0.4, 0.5) is 5.69 Å². The topological polar surface area (TPSA) is 77.0 Å². The van der Waals surface area contributed by atoms with Gasteiger partial charge in [0.05, 0.1) is 10.6 Å². The third-order valence-electron chi connectivity index (χ3n) is 3.41. The van der Waals surface area contributed by atoms with Crippen LogP contribution in [0.25, 0.3) is 0 Å². The van der Waals surface area contributed by atoms with Gasteiger partial charge in [-0.05, 0) is 36.9 Å².